The second kappa shape index (κ2) is 6.58. The van der Waals surface area contributed by atoms with Gasteiger partial charge in [0.25, 0.3) is 0 Å². The number of urea groups is 1. The summed E-state index contributed by atoms with van der Waals surface area (Å²) in [6, 6.07) is 8.34. The van der Waals surface area contributed by atoms with Gasteiger partial charge in [-0.25, -0.2) is 9.78 Å². The topological polar surface area (TPSA) is 57.3 Å². The fraction of sp³-hybridized carbons (Fsp3) is 0.333. The Balaban J connectivity index is 1.38. The van der Waals surface area contributed by atoms with E-state index in [0.717, 1.165) is 25.9 Å². The lowest BCUT2D eigenvalue weighted by Crippen LogP contribution is -2.32. The van der Waals surface area contributed by atoms with Crippen molar-refractivity contribution in [3.8, 4) is 0 Å². The number of fused-ring (bicyclic) bond motifs is 1. The first-order valence-corrected chi connectivity index (χ1v) is 7.98. The minimum atomic E-state index is -0.188. The minimum Gasteiger partial charge on any atom is -0.371 e. The highest BCUT2D eigenvalue weighted by molar-refractivity contribution is 7.13. The number of hydrogen-bond acceptors (Lipinski definition) is 4. The number of carbonyl (C=O) groups excluding carboxylic acids is 1. The quantitative estimate of drug-likeness (QED) is 0.835. The summed E-state index contributed by atoms with van der Waals surface area (Å²) in [4.78, 5) is 18.0. The standard InChI is InChI=1S/C15H18N4OS/c20-14(18-15-17-8-11-21-15)16-7-3-9-19-10-6-12-4-1-2-5-13(12)19/h1-2,4-5,8,11H,3,6-7,9-10H2,(H2,16,17,18,20). The molecule has 2 N–H and O–H groups in total. The Morgan fingerprint density at radius 1 is 1.38 bits per heavy atom. The number of nitrogens with zero attached hydrogens (tertiary/aromatic N) is 2. The number of rotatable bonds is 5. The van der Waals surface area contributed by atoms with Crippen LogP contribution in [-0.2, 0) is 6.42 Å². The van der Waals surface area contributed by atoms with Crippen LogP contribution in [0.3, 0.4) is 0 Å². The Bertz CT molecular complexity index is 599. The van der Waals surface area contributed by atoms with Gasteiger partial charge in [0, 0.05) is 36.9 Å². The van der Waals surface area contributed by atoms with Crippen molar-refractivity contribution in [1.29, 1.82) is 0 Å². The maximum Gasteiger partial charge on any atom is 0.321 e. The fourth-order valence-corrected chi connectivity index (χ4v) is 3.06. The predicted molar refractivity (Wildman–Crippen MR) is 86.1 cm³/mol. The summed E-state index contributed by atoms with van der Waals surface area (Å²) in [6.07, 6.45) is 3.72. The summed E-state index contributed by atoms with van der Waals surface area (Å²) < 4.78 is 0. The molecule has 1 aliphatic heterocycles. The molecule has 0 aliphatic carbocycles. The van der Waals surface area contributed by atoms with Gasteiger partial charge in [0.2, 0.25) is 0 Å². The maximum absolute atomic E-state index is 11.6. The van der Waals surface area contributed by atoms with Crippen LogP contribution in [0.2, 0.25) is 0 Å². The van der Waals surface area contributed by atoms with Gasteiger partial charge in [0.1, 0.15) is 0 Å². The number of hydrogen-bond donors (Lipinski definition) is 2. The molecule has 0 atom stereocenters. The van der Waals surface area contributed by atoms with Crippen LogP contribution in [0.25, 0.3) is 0 Å². The SMILES string of the molecule is O=C(NCCCN1CCc2ccccc21)Nc1nccs1. The van der Waals surface area contributed by atoms with Gasteiger partial charge in [0.15, 0.2) is 5.13 Å². The first-order valence-electron chi connectivity index (χ1n) is 7.10. The predicted octanol–water partition coefficient (Wildman–Crippen LogP) is 2.72. The zero-order valence-corrected chi connectivity index (χ0v) is 12.5. The van der Waals surface area contributed by atoms with E-state index in [1.807, 2.05) is 5.38 Å². The van der Waals surface area contributed by atoms with Crippen molar-refractivity contribution in [1.82, 2.24) is 10.3 Å². The molecule has 2 heterocycles. The highest BCUT2D eigenvalue weighted by atomic mass is 32.1. The lowest BCUT2D eigenvalue weighted by atomic mass is 10.2. The van der Waals surface area contributed by atoms with Gasteiger partial charge in [-0.05, 0) is 24.5 Å². The van der Waals surface area contributed by atoms with Crippen LogP contribution in [0.5, 0.6) is 0 Å². The number of carbonyl (C=O) groups is 1. The first-order chi connectivity index (χ1) is 10.3. The third kappa shape index (κ3) is 3.52. The van der Waals surface area contributed by atoms with Gasteiger partial charge in [-0.1, -0.05) is 18.2 Å². The molecule has 2 aromatic rings. The van der Waals surface area contributed by atoms with E-state index in [0.29, 0.717) is 11.7 Å². The van der Waals surface area contributed by atoms with Crippen molar-refractivity contribution in [2.45, 2.75) is 12.8 Å². The molecule has 3 rings (SSSR count). The van der Waals surface area contributed by atoms with Gasteiger partial charge >= 0.3 is 6.03 Å². The highest BCUT2D eigenvalue weighted by Gasteiger charge is 2.17. The highest BCUT2D eigenvalue weighted by Crippen LogP contribution is 2.27. The molecule has 0 saturated carbocycles. The third-order valence-electron chi connectivity index (χ3n) is 3.53. The number of thiazole rings is 1. The van der Waals surface area contributed by atoms with Crippen LogP contribution >= 0.6 is 11.3 Å². The molecule has 6 heteroatoms. The van der Waals surface area contributed by atoms with Crippen molar-refractivity contribution >= 4 is 28.2 Å². The van der Waals surface area contributed by atoms with E-state index in [2.05, 4.69) is 44.8 Å². The minimum absolute atomic E-state index is 0.188. The van der Waals surface area contributed by atoms with E-state index in [4.69, 9.17) is 0 Å². The molecular weight excluding hydrogens is 284 g/mol. The maximum atomic E-state index is 11.6. The number of amides is 2. The molecule has 0 saturated heterocycles. The second-order valence-corrected chi connectivity index (χ2v) is 5.83. The van der Waals surface area contributed by atoms with E-state index in [-0.39, 0.29) is 6.03 Å². The van der Waals surface area contributed by atoms with Crippen LogP contribution < -0.4 is 15.5 Å². The number of anilines is 2. The Morgan fingerprint density at radius 2 is 2.29 bits per heavy atom. The zero-order valence-electron chi connectivity index (χ0n) is 11.7. The van der Waals surface area contributed by atoms with Gasteiger partial charge in [-0.15, -0.1) is 11.3 Å². The monoisotopic (exact) mass is 302 g/mol. The van der Waals surface area contributed by atoms with Crippen molar-refractivity contribution in [3.05, 3.63) is 41.4 Å². The smallest absolute Gasteiger partial charge is 0.321 e. The van der Waals surface area contributed by atoms with Gasteiger partial charge < -0.3 is 10.2 Å². The van der Waals surface area contributed by atoms with Gasteiger partial charge in [-0.2, -0.15) is 0 Å². The van der Waals surface area contributed by atoms with Crippen LogP contribution in [0.1, 0.15) is 12.0 Å². The Kier molecular flexibility index (Phi) is 4.35. The molecular formula is C15H18N4OS. The molecule has 0 fully saturated rings. The molecule has 0 spiro atoms. The van der Waals surface area contributed by atoms with E-state index in [1.165, 1.54) is 22.6 Å². The van der Waals surface area contributed by atoms with E-state index < -0.39 is 0 Å². The largest absolute Gasteiger partial charge is 0.371 e. The van der Waals surface area contributed by atoms with Crippen LogP contribution in [-0.4, -0.2) is 30.6 Å². The molecule has 0 unspecified atom stereocenters. The van der Waals surface area contributed by atoms with Crippen LogP contribution in [0, 0.1) is 0 Å². The number of nitrogens with one attached hydrogen (secondary N) is 2. The fourth-order valence-electron chi connectivity index (χ4n) is 2.54. The lowest BCUT2D eigenvalue weighted by molar-refractivity contribution is 0.252. The van der Waals surface area contributed by atoms with Gasteiger partial charge in [-0.3, -0.25) is 5.32 Å². The molecule has 2 amide bonds. The molecule has 1 aromatic heterocycles. The first kappa shape index (κ1) is 13.9. The van der Waals surface area contributed by atoms with Crippen LogP contribution in [0.15, 0.2) is 35.8 Å². The lowest BCUT2D eigenvalue weighted by Gasteiger charge is -2.19. The molecule has 110 valence electrons. The number of para-hydroxylation sites is 1. The zero-order chi connectivity index (χ0) is 14.5. The van der Waals surface area contributed by atoms with Crippen molar-refractivity contribution < 1.29 is 4.79 Å². The second-order valence-electron chi connectivity index (χ2n) is 4.94. The summed E-state index contributed by atoms with van der Waals surface area (Å²) in [7, 11) is 0. The number of benzene rings is 1. The van der Waals surface area contributed by atoms with Crippen LogP contribution in [0.4, 0.5) is 15.6 Å². The average Bonchev–Trinajstić information content (AvgIpc) is 3.13. The third-order valence-corrected chi connectivity index (χ3v) is 4.22. The van der Waals surface area contributed by atoms with Crippen molar-refractivity contribution in [2.75, 3.05) is 29.9 Å². The molecule has 1 aromatic carbocycles. The molecule has 21 heavy (non-hydrogen) atoms. The number of aromatic nitrogens is 1. The summed E-state index contributed by atoms with van der Waals surface area (Å²) in [5.74, 6) is 0. The summed E-state index contributed by atoms with van der Waals surface area (Å²) in [5, 5.41) is 8.03. The Hall–Kier alpha value is -2.08. The Labute approximate surface area is 128 Å². The summed E-state index contributed by atoms with van der Waals surface area (Å²) in [5.41, 5.74) is 2.76. The van der Waals surface area contributed by atoms with Gasteiger partial charge in [0.05, 0.1) is 0 Å². The summed E-state index contributed by atoms with van der Waals surface area (Å²) >= 11 is 1.41. The van der Waals surface area contributed by atoms with Crippen molar-refractivity contribution in [2.24, 2.45) is 0 Å². The molecule has 0 radical (unpaired) electrons. The van der Waals surface area contributed by atoms with E-state index >= 15 is 0 Å². The normalized spacial score (nSPS) is 13.0. The van der Waals surface area contributed by atoms with E-state index in [1.54, 1.807) is 6.20 Å². The molecule has 5 nitrogen and oxygen atoms in total. The van der Waals surface area contributed by atoms with E-state index in [9.17, 15) is 4.79 Å². The molecule has 0 bridgehead atoms. The Morgan fingerprint density at radius 3 is 3.14 bits per heavy atom. The molecule has 1 aliphatic rings. The average molecular weight is 302 g/mol. The van der Waals surface area contributed by atoms with Crippen molar-refractivity contribution in [3.63, 3.8) is 0 Å². The summed E-state index contributed by atoms with van der Waals surface area (Å²) in [6.45, 7) is 2.70.